The van der Waals surface area contributed by atoms with Gasteiger partial charge in [0.1, 0.15) is 0 Å². The zero-order valence-electron chi connectivity index (χ0n) is 12.5. The predicted octanol–water partition coefficient (Wildman–Crippen LogP) is 4.84. The van der Waals surface area contributed by atoms with Crippen molar-refractivity contribution < 1.29 is 0 Å². The molecule has 0 spiro atoms. The van der Waals surface area contributed by atoms with E-state index in [-0.39, 0.29) is 5.38 Å². The van der Waals surface area contributed by atoms with Crippen LogP contribution in [0.15, 0.2) is 0 Å². The zero-order valence-corrected chi connectivity index (χ0v) is 13.2. The SMILES string of the molecule is CCCCC(CC)CNCC(Cl)CC(C)(C)C. The van der Waals surface area contributed by atoms with Gasteiger partial charge in [0.2, 0.25) is 0 Å². The molecule has 0 saturated heterocycles. The van der Waals surface area contributed by atoms with E-state index >= 15 is 0 Å². The van der Waals surface area contributed by atoms with Gasteiger partial charge < -0.3 is 5.32 Å². The summed E-state index contributed by atoms with van der Waals surface area (Å²) in [6, 6.07) is 0. The average molecular weight is 262 g/mol. The number of nitrogens with one attached hydrogen (secondary N) is 1. The van der Waals surface area contributed by atoms with E-state index in [4.69, 9.17) is 11.6 Å². The standard InChI is InChI=1S/C15H32ClN/c1-6-8-9-13(7-2)11-17-12-14(16)10-15(3,4)5/h13-14,17H,6-12H2,1-5H3. The van der Waals surface area contributed by atoms with Gasteiger partial charge in [-0.2, -0.15) is 0 Å². The number of alkyl halides is 1. The lowest BCUT2D eigenvalue weighted by Gasteiger charge is -2.23. The fourth-order valence-corrected chi connectivity index (χ4v) is 2.70. The van der Waals surface area contributed by atoms with E-state index in [1.54, 1.807) is 0 Å². The molecule has 104 valence electrons. The number of hydrogen-bond acceptors (Lipinski definition) is 1. The van der Waals surface area contributed by atoms with Crippen LogP contribution in [0.4, 0.5) is 0 Å². The topological polar surface area (TPSA) is 12.0 Å². The Hall–Kier alpha value is 0.250. The summed E-state index contributed by atoms with van der Waals surface area (Å²) >= 11 is 6.33. The third kappa shape index (κ3) is 11.1. The first-order valence-corrected chi connectivity index (χ1v) is 7.67. The first-order chi connectivity index (χ1) is 7.89. The van der Waals surface area contributed by atoms with E-state index in [9.17, 15) is 0 Å². The fraction of sp³-hybridized carbons (Fsp3) is 1.00. The molecular weight excluding hydrogens is 230 g/mol. The van der Waals surface area contributed by atoms with Crippen molar-refractivity contribution in [1.29, 1.82) is 0 Å². The van der Waals surface area contributed by atoms with Crippen molar-refractivity contribution in [3.8, 4) is 0 Å². The molecule has 0 saturated carbocycles. The van der Waals surface area contributed by atoms with Gasteiger partial charge in [-0.25, -0.2) is 0 Å². The summed E-state index contributed by atoms with van der Waals surface area (Å²) in [7, 11) is 0. The van der Waals surface area contributed by atoms with Crippen molar-refractivity contribution >= 4 is 11.6 Å². The van der Waals surface area contributed by atoms with E-state index in [1.807, 2.05) is 0 Å². The zero-order chi connectivity index (χ0) is 13.3. The van der Waals surface area contributed by atoms with Gasteiger partial charge in [0.15, 0.2) is 0 Å². The summed E-state index contributed by atoms with van der Waals surface area (Å²) in [5.74, 6) is 0.827. The summed E-state index contributed by atoms with van der Waals surface area (Å²) in [6.45, 7) is 13.4. The van der Waals surface area contributed by atoms with Crippen LogP contribution in [0, 0.1) is 11.3 Å². The molecule has 0 amide bonds. The van der Waals surface area contributed by atoms with Crippen molar-refractivity contribution in [1.82, 2.24) is 5.32 Å². The highest BCUT2D eigenvalue weighted by Gasteiger charge is 2.16. The highest BCUT2D eigenvalue weighted by atomic mass is 35.5. The van der Waals surface area contributed by atoms with Gasteiger partial charge in [0, 0.05) is 11.9 Å². The normalized spacial score (nSPS) is 15.9. The molecule has 0 fully saturated rings. The third-order valence-electron chi connectivity index (χ3n) is 3.18. The van der Waals surface area contributed by atoms with Crippen LogP contribution in [0.5, 0.6) is 0 Å². The monoisotopic (exact) mass is 261 g/mol. The van der Waals surface area contributed by atoms with E-state index < -0.39 is 0 Å². The molecule has 0 aliphatic heterocycles. The summed E-state index contributed by atoms with van der Waals surface area (Å²) < 4.78 is 0. The Kier molecular flexibility index (Phi) is 9.35. The maximum Gasteiger partial charge on any atom is 0.0465 e. The van der Waals surface area contributed by atoms with E-state index in [0.29, 0.717) is 5.41 Å². The highest BCUT2D eigenvalue weighted by Crippen LogP contribution is 2.23. The van der Waals surface area contributed by atoms with Crippen molar-refractivity contribution in [2.75, 3.05) is 13.1 Å². The Labute approximate surface area is 114 Å². The van der Waals surface area contributed by atoms with Crippen LogP contribution in [0.1, 0.15) is 66.7 Å². The Morgan fingerprint density at radius 1 is 1.12 bits per heavy atom. The van der Waals surface area contributed by atoms with Crippen LogP contribution in [0.2, 0.25) is 0 Å². The molecule has 0 aliphatic rings. The van der Waals surface area contributed by atoms with Gasteiger partial charge >= 0.3 is 0 Å². The molecule has 2 heteroatoms. The Balaban J connectivity index is 3.66. The Bertz CT molecular complexity index is 174. The summed E-state index contributed by atoms with van der Waals surface area (Å²) in [5, 5.41) is 3.80. The average Bonchev–Trinajstić information content (AvgIpc) is 2.20. The van der Waals surface area contributed by atoms with E-state index in [2.05, 4.69) is 39.9 Å². The quantitative estimate of drug-likeness (QED) is 0.586. The number of unbranched alkanes of at least 4 members (excludes halogenated alkanes) is 1. The van der Waals surface area contributed by atoms with Crippen LogP contribution in [-0.4, -0.2) is 18.5 Å². The summed E-state index contributed by atoms with van der Waals surface area (Å²) in [4.78, 5) is 0. The molecule has 0 aromatic heterocycles. The first kappa shape index (κ1) is 17.2. The fourth-order valence-electron chi connectivity index (χ4n) is 2.12. The number of hydrogen-bond donors (Lipinski definition) is 1. The van der Waals surface area contributed by atoms with Crippen LogP contribution in [0.3, 0.4) is 0 Å². The molecule has 0 aliphatic carbocycles. The molecule has 2 atom stereocenters. The van der Waals surface area contributed by atoms with Gasteiger partial charge in [-0.3, -0.25) is 0 Å². The van der Waals surface area contributed by atoms with Crippen LogP contribution >= 0.6 is 11.6 Å². The number of halogens is 1. The minimum absolute atomic E-state index is 0.263. The minimum atomic E-state index is 0.263. The molecule has 17 heavy (non-hydrogen) atoms. The molecule has 0 heterocycles. The molecule has 1 nitrogen and oxygen atoms in total. The van der Waals surface area contributed by atoms with Gasteiger partial charge in [-0.1, -0.05) is 53.9 Å². The minimum Gasteiger partial charge on any atom is -0.315 e. The van der Waals surface area contributed by atoms with Crippen LogP contribution in [0.25, 0.3) is 0 Å². The van der Waals surface area contributed by atoms with Crippen LogP contribution in [-0.2, 0) is 0 Å². The summed E-state index contributed by atoms with van der Waals surface area (Å²) in [6.07, 6.45) is 6.36. The van der Waals surface area contributed by atoms with Crippen molar-refractivity contribution in [3.63, 3.8) is 0 Å². The second kappa shape index (κ2) is 9.22. The van der Waals surface area contributed by atoms with E-state index in [0.717, 1.165) is 25.4 Å². The molecule has 0 bridgehead atoms. The van der Waals surface area contributed by atoms with Crippen molar-refractivity contribution in [3.05, 3.63) is 0 Å². The number of rotatable bonds is 9. The van der Waals surface area contributed by atoms with Gasteiger partial charge in [0.05, 0.1) is 0 Å². The van der Waals surface area contributed by atoms with Crippen molar-refractivity contribution in [2.45, 2.75) is 72.1 Å². The molecule has 0 aromatic carbocycles. The highest BCUT2D eigenvalue weighted by molar-refractivity contribution is 6.20. The molecule has 1 N–H and O–H groups in total. The summed E-state index contributed by atoms with van der Waals surface area (Å²) in [5.41, 5.74) is 0.334. The predicted molar refractivity (Wildman–Crippen MR) is 79.9 cm³/mol. The Morgan fingerprint density at radius 2 is 1.76 bits per heavy atom. The van der Waals surface area contributed by atoms with Gasteiger partial charge in [0.25, 0.3) is 0 Å². The van der Waals surface area contributed by atoms with Crippen LogP contribution < -0.4 is 5.32 Å². The molecule has 0 radical (unpaired) electrons. The second-order valence-corrected chi connectivity index (χ2v) is 7.05. The Morgan fingerprint density at radius 3 is 2.24 bits per heavy atom. The first-order valence-electron chi connectivity index (χ1n) is 7.23. The second-order valence-electron chi connectivity index (χ2n) is 6.44. The van der Waals surface area contributed by atoms with Crippen molar-refractivity contribution in [2.24, 2.45) is 11.3 Å². The molecule has 0 aromatic rings. The maximum absolute atomic E-state index is 6.33. The lowest BCUT2D eigenvalue weighted by molar-refractivity contribution is 0.356. The van der Waals surface area contributed by atoms with E-state index in [1.165, 1.54) is 25.7 Å². The molecular formula is C15H32ClN. The lowest BCUT2D eigenvalue weighted by atomic mass is 9.90. The largest absolute Gasteiger partial charge is 0.315 e. The van der Waals surface area contributed by atoms with Gasteiger partial charge in [-0.05, 0) is 30.7 Å². The third-order valence-corrected chi connectivity index (χ3v) is 3.48. The molecule has 0 rings (SSSR count). The lowest BCUT2D eigenvalue weighted by Crippen LogP contribution is -2.30. The molecule has 2 unspecified atom stereocenters. The van der Waals surface area contributed by atoms with Gasteiger partial charge in [-0.15, -0.1) is 11.6 Å². The maximum atomic E-state index is 6.33. The smallest absolute Gasteiger partial charge is 0.0465 e.